The monoisotopic (exact) mass is 462 g/mol. The topological polar surface area (TPSA) is 237 Å². The molecule has 0 heterocycles. The van der Waals surface area contributed by atoms with Crippen molar-refractivity contribution in [1.82, 2.24) is 16.0 Å². The van der Waals surface area contributed by atoms with E-state index in [1.807, 2.05) is 0 Å². The van der Waals surface area contributed by atoms with Crippen molar-refractivity contribution < 1.29 is 33.9 Å². The van der Waals surface area contributed by atoms with Crippen LogP contribution < -0.4 is 33.2 Å². The van der Waals surface area contributed by atoms with Gasteiger partial charge < -0.3 is 38.3 Å². The summed E-state index contributed by atoms with van der Waals surface area (Å²) in [4.78, 5) is 70.6. The van der Waals surface area contributed by atoms with Gasteiger partial charge in [0.15, 0.2) is 0 Å². The number of carboxylic acids is 1. The summed E-state index contributed by atoms with van der Waals surface area (Å²) < 4.78 is 0. The van der Waals surface area contributed by atoms with Gasteiger partial charge in [-0.25, -0.2) is 4.79 Å². The standard InChI is InChI=1S/C17H30N6O7S/c1-7(2)13(20)16(28)23-10(6-31)15(27)22-9(5-12(19)25)14(26)21-8(17(29)30)3-4-11(18)24/h7-10,13,31H,3-6,20H2,1-2H3,(H2,18,24)(H2,19,25)(H,21,26)(H,22,27)(H,23,28)(H,29,30). The highest BCUT2D eigenvalue weighted by atomic mass is 32.1. The van der Waals surface area contributed by atoms with Crippen LogP contribution in [0.25, 0.3) is 0 Å². The fourth-order valence-corrected chi connectivity index (χ4v) is 2.52. The van der Waals surface area contributed by atoms with E-state index in [0.717, 1.165) is 0 Å². The Bertz CT molecular complexity index is 702. The van der Waals surface area contributed by atoms with Crippen molar-refractivity contribution in [2.75, 3.05) is 5.75 Å². The molecule has 0 aliphatic heterocycles. The number of nitrogens with one attached hydrogen (secondary N) is 3. The molecule has 0 aromatic rings. The van der Waals surface area contributed by atoms with Gasteiger partial charge in [0.05, 0.1) is 12.5 Å². The van der Waals surface area contributed by atoms with Gasteiger partial charge >= 0.3 is 5.97 Å². The average Bonchev–Trinajstić information content (AvgIpc) is 2.66. The minimum atomic E-state index is -1.53. The van der Waals surface area contributed by atoms with Crippen molar-refractivity contribution in [2.24, 2.45) is 23.1 Å². The van der Waals surface area contributed by atoms with E-state index in [2.05, 4.69) is 28.6 Å². The van der Waals surface area contributed by atoms with Crippen LogP contribution in [0.1, 0.15) is 33.1 Å². The van der Waals surface area contributed by atoms with Crippen molar-refractivity contribution in [2.45, 2.75) is 57.3 Å². The summed E-state index contributed by atoms with van der Waals surface area (Å²) in [6.45, 7) is 3.43. The Morgan fingerprint density at radius 2 is 1.32 bits per heavy atom. The van der Waals surface area contributed by atoms with Crippen LogP contribution in [0.15, 0.2) is 0 Å². The van der Waals surface area contributed by atoms with Gasteiger partial charge in [0.1, 0.15) is 18.1 Å². The summed E-state index contributed by atoms with van der Waals surface area (Å²) in [5.74, 6) is -6.00. The summed E-state index contributed by atoms with van der Waals surface area (Å²) in [5, 5.41) is 15.9. The number of nitrogens with two attached hydrogens (primary N) is 3. The van der Waals surface area contributed by atoms with Gasteiger partial charge in [0, 0.05) is 12.2 Å². The van der Waals surface area contributed by atoms with E-state index in [4.69, 9.17) is 17.2 Å². The number of carbonyl (C=O) groups excluding carboxylic acids is 5. The van der Waals surface area contributed by atoms with Gasteiger partial charge in [0.2, 0.25) is 29.5 Å². The summed E-state index contributed by atoms with van der Waals surface area (Å²) >= 11 is 3.99. The molecule has 14 heteroatoms. The molecular weight excluding hydrogens is 432 g/mol. The third kappa shape index (κ3) is 10.6. The van der Waals surface area contributed by atoms with Crippen LogP contribution in [-0.2, 0) is 28.8 Å². The number of rotatable bonds is 14. The van der Waals surface area contributed by atoms with Crippen LogP contribution in [0.4, 0.5) is 0 Å². The van der Waals surface area contributed by atoms with E-state index >= 15 is 0 Å². The summed E-state index contributed by atoms with van der Waals surface area (Å²) in [7, 11) is 0. The molecule has 0 spiro atoms. The predicted molar refractivity (Wildman–Crippen MR) is 112 cm³/mol. The first kappa shape index (κ1) is 28.1. The molecule has 176 valence electrons. The number of aliphatic carboxylic acids is 1. The van der Waals surface area contributed by atoms with Crippen LogP contribution in [-0.4, -0.2) is 70.5 Å². The molecule has 13 nitrogen and oxygen atoms in total. The van der Waals surface area contributed by atoms with Gasteiger partial charge in [0.25, 0.3) is 0 Å². The minimum Gasteiger partial charge on any atom is -0.480 e. The lowest BCUT2D eigenvalue weighted by Crippen LogP contribution is -2.58. The molecule has 4 unspecified atom stereocenters. The maximum Gasteiger partial charge on any atom is 0.326 e. The first-order valence-corrected chi connectivity index (χ1v) is 10.00. The lowest BCUT2D eigenvalue weighted by Gasteiger charge is -2.24. The normalized spacial score (nSPS) is 14.6. The Labute approximate surface area is 184 Å². The smallest absolute Gasteiger partial charge is 0.326 e. The summed E-state index contributed by atoms with van der Waals surface area (Å²) in [5.41, 5.74) is 15.8. The molecule has 0 rings (SSSR count). The van der Waals surface area contributed by atoms with Crippen LogP contribution in [0.2, 0.25) is 0 Å². The molecule has 5 amide bonds. The molecule has 0 saturated carbocycles. The molecule has 0 bridgehead atoms. The highest BCUT2D eigenvalue weighted by Crippen LogP contribution is 2.03. The van der Waals surface area contributed by atoms with E-state index in [1.165, 1.54) is 0 Å². The van der Waals surface area contributed by atoms with Gasteiger partial charge in [-0.3, -0.25) is 24.0 Å². The largest absolute Gasteiger partial charge is 0.480 e. The van der Waals surface area contributed by atoms with Crippen LogP contribution in [0.3, 0.4) is 0 Å². The fourth-order valence-electron chi connectivity index (χ4n) is 2.26. The zero-order chi connectivity index (χ0) is 24.3. The highest BCUT2D eigenvalue weighted by Gasteiger charge is 2.31. The van der Waals surface area contributed by atoms with Gasteiger partial charge in [-0.2, -0.15) is 12.6 Å². The lowest BCUT2D eigenvalue weighted by atomic mass is 10.0. The van der Waals surface area contributed by atoms with Gasteiger partial charge in [-0.05, 0) is 12.3 Å². The number of carboxylic acid groups (broad SMARTS) is 1. The van der Waals surface area contributed by atoms with E-state index in [9.17, 15) is 33.9 Å². The maximum absolute atomic E-state index is 12.5. The van der Waals surface area contributed by atoms with Crippen LogP contribution in [0, 0.1) is 5.92 Å². The molecule has 4 atom stereocenters. The molecular formula is C17H30N6O7S. The van der Waals surface area contributed by atoms with Crippen molar-refractivity contribution in [3.63, 3.8) is 0 Å². The highest BCUT2D eigenvalue weighted by molar-refractivity contribution is 7.80. The van der Waals surface area contributed by atoms with E-state index in [0.29, 0.717) is 0 Å². The second-order valence-corrected chi connectivity index (χ2v) is 7.51. The SMILES string of the molecule is CC(C)C(N)C(=O)NC(CS)C(=O)NC(CC(N)=O)C(=O)NC(CCC(N)=O)C(=O)O. The Balaban J connectivity index is 5.31. The molecule has 0 aliphatic rings. The van der Waals surface area contributed by atoms with E-state index in [1.54, 1.807) is 13.8 Å². The summed E-state index contributed by atoms with van der Waals surface area (Å²) in [6.07, 6.45) is -1.25. The van der Waals surface area contributed by atoms with Crippen molar-refractivity contribution in [3.8, 4) is 0 Å². The zero-order valence-electron chi connectivity index (χ0n) is 17.3. The average molecular weight is 463 g/mol. The third-order valence-corrected chi connectivity index (χ3v) is 4.53. The molecule has 0 aliphatic carbocycles. The van der Waals surface area contributed by atoms with Crippen molar-refractivity contribution >= 4 is 48.1 Å². The van der Waals surface area contributed by atoms with E-state index in [-0.39, 0.29) is 24.5 Å². The first-order valence-electron chi connectivity index (χ1n) is 9.37. The Morgan fingerprint density at radius 1 is 0.839 bits per heavy atom. The second kappa shape index (κ2) is 13.4. The minimum absolute atomic E-state index is 0.149. The quantitative estimate of drug-likeness (QED) is 0.121. The molecule has 0 aromatic heterocycles. The first-order chi connectivity index (χ1) is 14.3. The zero-order valence-corrected chi connectivity index (χ0v) is 18.2. The lowest BCUT2D eigenvalue weighted by molar-refractivity contribution is -0.142. The maximum atomic E-state index is 12.5. The van der Waals surface area contributed by atoms with Crippen molar-refractivity contribution in [3.05, 3.63) is 0 Å². The van der Waals surface area contributed by atoms with Gasteiger partial charge in [-0.1, -0.05) is 13.8 Å². The molecule has 10 N–H and O–H groups in total. The number of amides is 5. The van der Waals surface area contributed by atoms with E-state index < -0.39 is 66.1 Å². The Morgan fingerprint density at radius 3 is 1.74 bits per heavy atom. The Kier molecular flexibility index (Phi) is 12.2. The summed E-state index contributed by atoms with van der Waals surface area (Å²) in [6, 6.07) is -5.09. The van der Waals surface area contributed by atoms with Crippen molar-refractivity contribution in [1.29, 1.82) is 0 Å². The van der Waals surface area contributed by atoms with Gasteiger partial charge in [-0.15, -0.1) is 0 Å². The number of thiol groups is 1. The van der Waals surface area contributed by atoms with Crippen LogP contribution in [0.5, 0.6) is 0 Å². The molecule has 0 fully saturated rings. The fraction of sp³-hybridized carbons (Fsp3) is 0.647. The van der Waals surface area contributed by atoms with Crippen LogP contribution >= 0.6 is 12.6 Å². The number of carbonyl (C=O) groups is 6. The number of hydrogen-bond acceptors (Lipinski definition) is 8. The predicted octanol–water partition coefficient (Wildman–Crippen LogP) is -3.42. The molecule has 31 heavy (non-hydrogen) atoms. The number of primary amides is 2. The molecule has 0 radical (unpaired) electrons. The second-order valence-electron chi connectivity index (χ2n) is 7.15. The number of hydrogen-bond donors (Lipinski definition) is 8. The molecule has 0 saturated heterocycles. The third-order valence-electron chi connectivity index (χ3n) is 4.17. The Hall–Kier alpha value is -2.87. The molecule has 0 aromatic carbocycles.